The molecule has 2 aromatic rings. The van der Waals surface area contributed by atoms with Gasteiger partial charge in [0.2, 0.25) is 0 Å². The van der Waals surface area contributed by atoms with Gasteiger partial charge in [0.05, 0.1) is 7.11 Å². The molecule has 0 bridgehead atoms. The minimum Gasteiger partial charge on any atom is -0.497 e. The topological polar surface area (TPSA) is 29.5 Å². The van der Waals surface area contributed by atoms with Gasteiger partial charge in [0.25, 0.3) is 0 Å². The Morgan fingerprint density at radius 2 is 1.62 bits per heavy atom. The fraction of sp³-hybridized carbons (Fsp3) is 0.286. The van der Waals surface area contributed by atoms with Crippen molar-refractivity contribution in [2.24, 2.45) is 0 Å². The Hall–Kier alpha value is -2.55. The van der Waals surface area contributed by atoms with E-state index in [0.29, 0.717) is 0 Å². The fourth-order valence-electron chi connectivity index (χ4n) is 2.97. The average Bonchev–Trinajstić information content (AvgIpc) is 2.67. The minimum absolute atomic E-state index is 0.0241. The lowest BCUT2D eigenvalue weighted by molar-refractivity contribution is 0.104. The van der Waals surface area contributed by atoms with Gasteiger partial charge in [-0.05, 0) is 67.3 Å². The van der Waals surface area contributed by atoms with Crippen LogP contribution in [0.2, 0.25) is 0 Å². The van der Waals surface area contributed by atoms with Crippen molar-refractivity contribution in [3.8, 4) is 5.75 Å². The van der Waals surface area contributed by atoms with E-state index in [2.05, 4.69) is 17.0 Å². The van der Waals surface area contributed by atoms with Crippen molar-refractivity contribution in [3.63, 3.8) is 0 Å². The second kappa shape index (κ2) is 7.82. The summed E-state index contributed by atoms with van der Waals surface area (Å²) in [7, 11) is 1.64. The van der Waals surface area contributed by atoms with Crippen LogP contribution < -0.4 is 9.64 Å². The highest BCUT2D eigenvalue weighted by Crippen LogP contribution is 2.20. The number of anilines is 1. The summed E-state index contributed by atoms with van der Waals surface area (Å²) in [6, 6.07) is 15.6. The maximum atomic E-state index is 12.3. The molecule has 1 fully saturated rings. The monoisotopic (exact) mass is 321 g/mol. The molecule has 24 heavy (non-hydrogen) atoms. The molecule has 1 saturated heterocycles. The van der Waals surface area contributed by atoms with Gasteiger partial charge in [0, 0.05) is 24.3 Å². The second-order valence-electron chi connectivity index (χ2n) is 6.07. The van der Waals surface area contributed by atoms with Crippen molar-refractivity contribution in [2.45, 2.75) is 19.3 Å². The van der Waals surface area contributed by atoms with Gasteiger partial charge in [0.1, 0.15) is 5.75 Å². The van der Waals surface area contributed by atoms with E-state index in [1.165, 1.54) is 24.9 Å². The molecule has 0 aromatic heterocycles. The maximum Gasteiger partial charge on any atom is 0.185 e. The van der Waals surface area contributed by atoms with E-state index in [1.807, 2.05) is 42.5 Å². The van der Waals surface area contributed by atoms with E-state index in [0.717, 1.165) is 30.0 Å². The first-order valence-electron chi connectivity index (χ1n) is 8.48. The molecule has 0 atom stereocenters. The third-order valence-electron chi connectivity index (χ3n) is 4.42. The first kappa shape index (κ1) is 16.3. The van der Waals surface area contributed by atoms with Gasteiger partial charge in [-0.25, -0.2) is 0 Å². The Bertz CT molecular complexity index is 696. The Balaban J connectivity index is 1.64. The van der Waals surface area contributed by atoms with Crippen LogP contribution >= 0.6 is 0 Å². The summed E-state index contributed by atoms with van der Waals surface area (Å²) in [5.41, 5.74) is 2.92. The molecule has 1 heterocycles. The Labute approximate surface area is 143 Å². The molecule has 3 nitrogen and oxygen atoms in total. The van der Waals surface area contributed by atoms with Crippen LogP contribution in [0.4, 0.5) is 5.69 Å². The van der Waals surface area contributed by atoms with Crippen LogP contribution in [0.25, 0.3) is 6.08 Å². The number of rotatable bonds is 5. The summed E-state index contributed by atoms with van der Waals surface area (Å²) in [6.45, 7) is 2.23. The van der Waals surface area contributed by atoms with Crippen LogP contribution in [0.5, 0.6) is 5.75 Å². The highest BCUT2D eigenvalue weighted by atomic mass is 16.5. The van der Waals surface area contributed by atoms with Gasteiger partial charge in [-0.2, -0.15) is 0 Å². The zero-order chi connectivity index (χ0) is 16.8. The van der Waals surface area contributed by atoms with Crippen LogP contribution in [0.1, 0.15) is 35.2 Å². The van der Waals surface area contributed by atoms with Crippen molar-refractivity contribution in [2.75, 3.05) is 25.1 Å². The highest BCUT2D eigenvalue weighted by molar-refractivity contribution is 6.06. The Morgan fingerprint density at radius 3 is 2.25 bits per heavy atom. The maximum absolute atomic E-state index is 12.3. The number of nitrogens with zero attached hydrogens (tertiary/aromatic N) is 1. The number of piperidine rings is 1. The molecule has 3 heteroatoms. The molecule has 0 spiro atoms. The van der Waals surface area contributed by atoms with Gasteiger partial charge in [-0.3, -0.25) is 4.79 Å². The first-order valence-corrected chi connectivity index (χ1v) is 8.48. The number of methoxy groups -OCH3 is 1. The number of carbonyl (C=O) groups is 1. The van der Waals surface area contributed by atoms with E-state index in [4.69, 9.17) is 4.74 Å². The number of benzene rings is 2. The number of carbonyl (C=O) groups excluding carboxylic acids is 1. The predicted molar refractivity (Wildman–Crippen MR) is 98.9 cm³/mol. The summed E-state index contributed by atoms with van der Waals surface area (Å²) in [5.74, 6) is 0.836. The molecule has 124 valence electrons. The highest BCUT2D eigenvalue weighted by Gasteiger charge is 2.11. The Morgan fingerprint density at radius 1 is 0.958 bits per heavy atom. The van der Waals surface area contributed by atoms with E-state index >= 15 is 0 Å². The van der Waals surface area contributed by atoms with E-state index in [9.17, 15) is 4.79 Å². The number of hydrogen-bond acceptors (Lipinski definition) is 3. The normalized spacial score (nSPS) is 14.8. The number of ether oxygens (including phenoxy) is 1. The third-order valence-corrected chi connectivity index (χ3v) is 4.42. The molecule has 1 aliphatic heterocycles. The summed E-state index contributed by atoms with van der Waals surface area (Å²) < 4.78 is 5.13. The van der Waals surface area contributed by atoms with Crippen LogP contribution in [0.3, 0.4) is 0 Å². The quantitative estimate of drug-likeness (QED) is 0.596. The van der Waals surface area contributed by atoms with Gasteiger partial charge in [0.15, 0.2) is 5.78 Å². The summed E-state index contributed by atoms with van der Waals surface area (Å²) in [6.07, 6.45) is 7.29. The average molecular weight is 321 g/mol. The summed E-state index contributed by atoms with van der Waals surface area (Å²) >= 11 is 0. The first-order chi connectivity index (χ1) is 11.8. The van der Waals surface area contributed by atoms with Gasteiger partial charge in [-0.1, -0.05) is 18.2 Å². The molecule has 0 unspecified atom stereocenters. The molecular weight excluding hydrogens is 298 g/mol. The van der Waals surface area contributed by atoms with Crippen LogP contribution in [-0.4, -0.2) is 26.0 Å². The van der Waals surface area contributed by atoms with Crippen molar-refractivity contribution in [1.82, 2.24) is 0 Å². The molecule has 0 amide bonds. The molecule has 0 aliphatic carbocycles. The molecule has 0 N–H and O–H groups in total. The molecule has 1 aliphatic rings. The van der Waals surface area contributed by atoms with Crippen molar-refractivity contribution in [3.05, 3.63) is 65.7 Å². The van der Waals surface area contributed by atoms with Crippen molar-refractivity contribution < 1.29 is 9.53 Å². The van der Waals surface area contributed by atoms with Crippen LogP contribution in [0, 0.1) is 0 Å². The van der Waals surface area contributed by atoms with Crippen LogP contribution in [-0.2, 0) is 0 Å². The lowest BCUT2D eigenvalue weighted by Crippen LogP contribution is -2.29. The summed E-state index contributed by atoms with van der Waals surface area (Å²) in [4.78, 5) is 14.7. The zero-order valence-corrected chi connectivity index (χ0v) is 14.1. The SMILES string of the molecule is COc1ccc(C=CC(=O)c2ccc(N3CCCCC3)cc2)cc1. The van der Waals surface area contributed by atoms with Crippen LogP contribution in [0.15, 0.2) is 54.6 Å². The lowest BCUT2D eigenvalue weighted by atomic mass is 10.1. The molecule has 3 rings (SSSR count). The predicted octanol–water partition coefficient (Wildman–Crippen LogP) is 4.58. The van der Waals surface area contributed by atoms with E-state index in [1.54, 1.807) is 13.2 Å². The number of allylic oxidation sites excluding steroid dienone is 1. The van der Waals surface area contributed by atoms with E-state index in [-0.39, 0.29) is 5.78 Å². The molecule has 0 saturated carbocycles. The smallest absolute Gasteiger partial charge is 0.185 e. The second-order valence-corrected chi connectivity index (χ2v) is 6.07. The van der Waals surface area contributed by atoms with Gasteiger partial charge in [-0.15, -0.1) is 0 Å². The number of ketones is 1. The van der Waals surface area contributed by atoms with Crippen molar-refractivity contribution >= 4 is 17.5 Å². The third kappa shape index (κ3) is 4.05. The van der Waals surface area contributed by atoms with Gasteiger partial charge >= 0.3 is 0 Å². The zero-order valence-electron chi connectivity index (χ0n) is 14.1. The largest absolute Gasteiger partial charge is 0.497 e. The molecule has 2 aromatic carbocycles. The van der Waals surface area contributed by atoms with E-state index < -0.39 is 0 Å². The standard InChI is InChI=1S/C21H23NO2/c1-24-20-12-5-17(6-13-20)7-14-21(23)18-8-10-19(11-9-18)22-15-3-2-4-16-22/h5-14H,2-4,15-16H2,1H3. The lowest BCUT2D eigenvalue weighted by Gasteiger charge is -2.28. The van der Waals surface area contributed by atoms with Gasteiger partial charge < -0.3 is 9.64 Å². The Kier molecular flexibility index (Phi) is 5.32. The molecular formula is C21H23NO2. The minimum atomic E-state index is 0.0241. The fourth-order valence-corrected chi connectivity index (χ4v) is 2.97. The number of hydrogen-bond donors (Lipinski definition) is 0. The van der Waals surface area contributed by atoms with Crippen molar-refractivity contribution in [1.29, 1.82) is 0 Å². The summed E-state index contributed by atoms with van der Waals surface area (Å²) in [5, 5.41) is 0. The molecule has 0 radical (unpaired) electrons.